The van der Waals surface area contributed by atoms with Gasteiger partial charge in [0.15, 0.2) is 0 Å². The Bertz CT molecular complexity index is 507. The number of thiophene rings is 1. The zero-order valence-electron chi connectivity index (χ0n) is 10.7. The van der Waals surface area contributed by atoms with Crippen molar-refractivity contribution in [3.63, 3.8) is 0 Å². The summed E-state index contributed by atoms with van der Waals surface area (Å²) in [7, 11) is 0. The maximum absolute atomic E-state index is 12.3. The fraction of sp³-hybridized carbons (Fsp3) is 0.500. The van der Waals surface area contributed by atoms with Crippen LogP contribution in [0.15, 0.2) is 11.4 Å². The van der Waals surface area contributed by atoms with Crippen LogP contribution in [-0.2, 0) is 0 Å². The first-order valence-electron chi connectivity index (χ1n) is 5.99. The molecule has 1 aliphatic heterocycles. The summed E-state index contributed by atoms with van der Waals surface area (Å²) >= 11 is 1.44. The second-order valence-corrected chi connectivity index (χ2v) is 6.21. The minimum Gasteiger partial charge on any atom is -0.384 e. The van der Waals surface area contributed by atoms with Crippen LogP contribution in [0.25, 0.3) is 0 Å². The van der Waals surface area contributed by atoms with Crippen molar-refractivity contribution in [3.05, 3.63) is 21.9 Å². The van der Waals surface area contributed by atoms with Crippen molar-refractivity contribution >= 4 is 17.2 Å². The molecule has 3 nitrogen and oxygen atoms in total. The second kappa shape index (κ2) is 5.13. The second-order valence-electron chi connectivity index (χ2n) is 5.30. The van der Waals surface area contributed by atoms with Crippen LogP contribution < -0.4 is 0 Å². The lowest BCUT2D eigenvalue weighted by atomic mass is 9.93. The SMILES string of the molecule is CC1(C)CCN(C(=O)c2csc(C#CCO)c2)C1. The predicted octanol–water partition coefficient (Wildman–Crippen LogP) is 1.96. The van der Waals surface area contributed by atoms with E-state index in [1.165, 1.54) is 11.3 Å². The molecule has 18 heavy (non-hydrogen) atoms. The van der Waals surface area contributed by atoms with Crippen LogP contribution in [-0.4, -0.2) is 35.6 Å². The van der Waals surface area contributed by atoms with Crippen molar-refractivity contribution in [3.8, 4) is 11.8 Å². The molecule has 0 atom stereocenters. The Balaban J connectivity index is 2.08. The molecule has 1 saturated heterocycles. The molecule has 4 heteroatoms. The summed E-state index contributed by atoms with van der Waals surface area (Å²) in [6.45, 7) is 5.87. The van der Waals surface area contributed by atoms with Gasteiger partial charge in [-0.2, -0.15) is 0 Å². The van der Waals surface area contributed by atoms with Crippen LogP contribution in [0.3, 0.4) is 0 Å². The van der Waals surface area contributed by atoms with E-state index in [2.05, 4.69) is 25.7 Å². The van der Waals surface area contributed by atoms with Gasteiger partial charge in [-0.15, -0.1) is 11.3 Å². The van der Waals surface area contributed by atoms with E-state index in [0.29, 0.717) is 5.56 Å². The predicted molar refractivity (Wildman–Crippen MR) is 72.6 cm³/mol. The van der Waals surface area contributed by atoms with Crippen molar-refractivity contribution in [2.75, 3.05) is 19.7 Å². The smallest absolute Gasteiger partial charge is 0.254 e. The molecule has 96 valence electrons. The highest BCUT2D eigenvalue weighted by atomic mass is 32.1. The molecule has 2 rings (SSSR count). The van der Waals surface area contributed by atoms with Gasteiger partial charge in [-0.1, -0.05) is 25.7 Å². The topological polar surface area (TPSA) is 40.5 Å². The van der Waals surface area contributed by atoms with E-state index in [4.69, 9.17) is 5.11 Å². The van der Waals surface area contributed by atoms with Crippen molar-refractivity contribution in [2.45, 2.75) is 20.3 Å². The third kappa shape index (κ3) is 2.92. The van der Waals surface area contributed by atoms with Gasteiger partial charge >= 0.3 is 0 Å². The van der Waals surface area contributed by atoms with Crippen molar-refractivity contribution in [1.29, 1.82) is 0 Å². The number of hydrogen-bond donors (Lipinski definition) is 1. The van der Waals surface area contributed by atoms with Gasteiger partial charge in [0, 0.05) is 18.5 Å². The lowest BCUT2D eigenvalue weighted by Crippen LogP contribution is -2.29. The summed E-state index contributed by atoms with van der Waals surface area (Å²) in [6.07, 6.45) is 1.06. The summed E-state index contributed by atoms with van der Waals surface area (Å²) in [4.78, 5) is 15.0. The lowest BCUT2D eigenvalue weighted by Gasteiger charge is -2.19. The number of rotatable bonds is 1. The standard InChI is InChI=1S/C14H17NO2S/c1-14(2)5-6-15(10-14)13(17)11-8-12(18-9-11)4-3-7-16/h8-9,16H,5-7,10H2,1-2H3. The van der Waals surface area contributed by atoms with E-state index in [-0.39, 0.29) is 17.9 Å². The summed E-state index contributed by atoms with van der Waals surface area (Å²) in [5, 5.41) is 10.5. The third-order valence-electron chi connectivity index (χ3n) is 3.10. The zero-order valence-corrected chi connectivity index (χ0v) is 11.5. The highest BCUT2D eigenvalue weighted by Gasteiger charge is 2.32. The Morgan fingerprint density at radius 1 is 1.61 bits per heavy atom. The van der Waals surface area contributed by atoms with E-state index in [1.54, 1.807) is 6.07 Å². The van der Waals surface area contributed by atoms with Gasteiger partial charge in [0.05, 0.1) is 10.4 Å². The number of aliphatic hydroxyl groups is 1. The normalized spacial score (nSPS) is 17.4. The maximum atomic E-state index is 12.3. The monoisotopic (exact) mass is 263 g/mol. The number of hydrogen-bond acceptors (Lipinski definition) is 3. The summed E-state index contributed by atoms with van der Waals surface area (Å²) in [5.41, 5.74) is 0.936. The molecule has 0 bridgehead atoms. The van der Waals surface area contributed by atoms with Crippen molar-refractivity contribution in [1.82, 2.24) is 4.90 Å². The van der Waals surface area contributed by atoms with Gasteiger partial charge in [0.2, 0.25) is 0 Å². The van der Waals surface area contributed by atoms with Gasteiger partial charge in [-0.05, 0) is 17.9 Å². The summed E-state index contributed by atoms with van der Waals surface area (Å²) in [5.74, 6) is 5.51. The van der Waals surface area contributed by atoms with Crippen LogP contribution in [0.2, 0.25) is 0 Å². The number of aliphatic hydroxyl groups excluding tert-OH is 1. The number of carbonyl (C=O) groups is 1. The highest BCUT2D eigenvalue weighted by Crippen LogP contribution is 2.30. The molecule has 1 aromatic heterocycles. The van der Waals surface area contributed by atoms with Gasteiger partial charge in [-0.25, -0.2) is 0 Å². The summed E-state index contributed by atoms with van der Waals surface area (Å²) < 4.78 is 0. The van der Waals surface area contributed by atoms with Gasteiger partial charge in [0.1, 0.15) is 6.61 Å². The molecule has 0 aliphatic carbocycles. The number of likely N-dealkylation sites (tertiary alicyclic amines) is 1. The minimum absolute atomic E-state index is 0.0915. The molecule has 1 N–H and O–H groups in total. The quantitative estimate of drug-likeness (QED) is 0.787. The Morgan fingerprint density at radius 2 is 2.39 bits per heavy atom. The molecule has 0 aromatic carbocycles. The molecule has 0 radical (unpaired) electrons. The molecule has 1 aromatic rings. The van der Waals surface area contributed by atoms with Crippen molar-refractivity contribution < 1.29 is 9.90 Å². The maximum Gasteiger partial charge on any atom is 0.254 e. The van der Waals surface area contributed by atoms with Crippen LogP contribution in [0.5, 0.6) is 0 Å². The number of carbonyl (C=O) groups excluding carboxylic acids is 1. The zero-order chi connectivity index (χ0) is 13.2. The molecule has 1 fully saturated rings. The Morgan fingerprint density at radius 3 is 3.00 bits per heavy atom. The van der Waals surface area contributed by atoms with E-state index in [9.17, 15) is 4.79 Å². The molecule has 1 aliphatic rings. The molecule has 1 amide bonds. The third-order valence-corrected chi connectivity index (χ3v) is 3.95. The van der Waals surface area contributed by atoms with Crippen LogP contribution >= 0.6 is 11.3 Å². The van der Waals surface area contributed by atoms with E-state index < -0.39 is 0 Å². The molecule has 2 heterocycles. The van der Waals surface area contributed by atoms with E-state index >= 15 is 0 Å². The molecular weight excluding hydrogens is 246 g/mol. The minimum atomic E-state index is -0.151. The van der Waals surface area contributed by atoms with Crippen LogP contribution in [0.4, 0.5) is 0 Å². The molecule has 0 unspecified atom stereocenters. The Labute approximate surface area is 111 Å². The van der Waals surface area contributed by atoms with Crippen molar-refractivity contribution in [2.24, 2.45) is 5.41 Å². The molecular formula is C14H17NO2S. The van der Waals surface area contributed by atoms with Crippen LogP contribution in [0.1, 0.15) is 35.5 Å². The first-order valence-corrected chi connectivity index (χ1v) is 6.87. The van der Waals surface area contributed by atoms with Gasteiger partial charge in [0.25, 0.3) is 5.91 Å². The fourth-order valence-electron chi connectivity index (χ4n) is 2.11. The lowest BCUT2D eigenvalue weighted by molar-refractivity contribution is 0.0779. The fourth-order valence-corrected chi connectivity index (χ4v) is 2.86. The average molecular weight is 263 g/mol. The van der Waals surface area contributed by atoms with Crippen LogP contribution in [0, 0.1) is 17.3 Å². The largest absolute Gasteiger partial charge is 0.384 e. The molecule has 0 spiro atoms. The van der Waals surface area contributed by atoms with E-state index in [1.807, 2.05) is 10.3 Å². The first-order chi connectivity index (χ1) is 8.52. The number of amides is 1. The van der Waals surface area contributed by atoms with Gasteiger partial charge < -0.3 is 10.0 Å². The number of nitrogens with zero attached hydrogens (tertiary/aromatic N) is 1. The average Bonchev–Trinajstić information content (AvgIpc) is 2.92. The summed E-state index contributed by atoms with van der Waals surface area (Å²) in [6, 6.07) is 1.81. The van der Waals surface area contributed by atoms with E-state index in [0.717, 1.165) is 24.4 Å². The Kier molecular flexibility index (Phi) is 3.74. The van der Waals surface area contributed by atoms with Gasteiger partial charge in [-0.3, -0.25) is 4.79 Å². The highest BCUT2D eigenvalue weighted by molar-refractivity contribution is 7.10. The first kappa shape index (κ1) is 13.1. The molecule has 0 saturated carbocycles. The Hall–Kier alpha value is -1.31.